The fraction of sp³-hybridized carbons (Fsp3) is 0.786. The van der Waals surface area contributed by atoms with Crippen LogP contribution in [0.25, 0.3) is 0 Å². The summed E-state index contributed by atoms with van der Waals surface area (Å²) in [7, 11) is -17.2. The number of nitrogens with one attached hydrogen (secondary N) is 3. The molecule has 0 amide bonds. The SMILES string of the molecule is CC[NH+](CC)CC.CC[NH+](CC)CC.CC[NH+](CC)CC.Nc1ccn([C@H]2C=C[C@@H](COP(=O)([O-])OP(=O)([O-])OP(=O)([O-])O)C2)c(=O)n1. The Balaban J connectivity index is 0. The van der Waals surface area contributed by atoms with E-state index in [4.69, 9.17) is 10.6 Å². The molecule has 0 aromatic carbocycles. The van der Waals surface area contributed by atoms with Gasteiger partial charge in [0, 0.05) is 12.1 Å². The first-order valence-electron chi connectivity index (χ1n) is 16.6. The number of aromatic nitrogens is 2. The molecule has 0 fully saturated rings. The molecule has 1 aromatic heterocycles. The van der Waals surface area contributed by atoms with E-state index >= 15 is 0 Å². The van der Waals surface area contributed by atoms with Crippen LogP contribution in [0.15, 0.2) is 29.2 Å². The molecule has 6 N–H and O–H groups in total. The molecule has 2 rings (SSSR count). The van der Waals surface area contributed by atoms with Crippen LogP contribution >= 0.6 is 23.5 Å². The van der Waals surface area contributed by atoms with Gasteiger partial charge in [-0.1, -0.05) is 12.2 Å². The summed E-state index contributed by atoms with van der Waals surface area (Å²) in [5, 5.41) is 0. The van der Waals surface area contributed by atoms with Crippen molar-refractivity contribution in [3.8, 4) is 0 Å². The predicted molar refractivity (Wildman–Crippen MR) is 180 cm³/mol. The van der Waals surface area contributed by atoms with Crippen molar-refractivity contribution in [2.24, 2.45) is 5.92 Å². The van der Waals surface area contributed by atoms with Crippen LogP contribution in [-0.4, -0.2) is 80.0 Å². The minimum atomic E-state index is -5.93. The average molecular weight is 751 g/mol. The average Bonchev–Trinajstić information content (AvgIpc) is 3.47. The summed E-state index contributed by atoms with van der Waals surface area (Å²) in [4.78, 5) is 61.6. The second-order valence-corrected chi connectivity index (χ2v) is 15.0. The number of nitrogens with two attached hydrogens (primary N) is 1. The first-order valence-corrected chi connectivity index (χ1v) is 21.0. The number of quaternary nitrogens is 3. The molecule has 20 heteroatoms. The molecule has 0 spiro atoms. The van der Waals surface area contributed by atoms with Crippen LogP contribution < -0.4 is 40.8 Å². The van der Waals surface area contributed by atoms with Crippen LogP contribution in [-0.2, 0) is 26.8 Å². The quantitative estimate of drug-likeness (QED) is 0.0872. The molecule has 284 valence electrons. The lowest BCUT2D eigenvalue weighted by atomic mass is 10.1. The van der Waals surface area contributed by atoms with Gasteiger partial charge in [0.15, 0.2) is 0 Å². The first-order chi connectivity index (χ1) is 22.3. The van der Waals surface area contributed by atoms with E-state index < -0.39 is 47.7 Å². The van der Waals surface area contributed by atoms with Gasteiger partial charge in [0.05, 0.1) is 71.6 Å². The number of allylic oxidation sites excluding steroid dienone is 1. The molecule has 48 heavy (non-hydrogen) atoms. The summed E-state index contributed by atoms with van der Waals surface area (Å²) < 4.78 is 45.2. The Morgan fingerprint density at radius 2 is 1.21 bits per heavy atom. The van der Waals surface area contributed by atoms with Gasteiger partial charge in [-0.2, -0.15) is 4.98 Å². The van der Waals surface area contributed by atoms with Crippen molar-refractivity contribution in [1.29, 1.82) is 0 Å². The lowest BCUT2D eigenvalue weighted by molar-refractivity contribution is -0.894. The van der Waals surface area contributed by atoms with Gasteiger partial charge in [-0.05, 0) is 74.8 Å². The molecular weight excluding hydrogens is 689 g/mol. The highest BCUT2D eigenvalue weighted by Gasteiger charge is 2.27. The normalized spacial score (nSPS) is 19.2. The molecule has 0 bridgehead atoms. The standard InChI is InChI=1S/C10H16N3O11P3.3C6H15N/c11-9-3-4-13(10(14)12-9)8-2-1-7(5-8)6-22-26(18,19)24-27(20,21)23-25(15,16)17;3*1-4-7(5-2)6-3/h1-4,7-8H,5-6H2,(H,18,19)(H,20,21)(H2,11,12,14)(H2,15,16,17);3*4-6H2,1-3H3/t7-,8+;;;/m1.../s1. The Bertz CT molecular complexity index is 1180. The van der Waals surface area contributed by atoms with Gasteiger partial charge in [-0.3, -0.25) is 18.3 Å². The van der Waals surface area contributed by atoms with E-state index in [1.165, 1.54) is 81.8 Å². The second kappa shape index (κ2) is 25.6. The third-order valence-electron chi connectivity index (χ3n) is 7.71. The van der Waals surface area contributed by atoms with Gasteiger partial charge in [0.25, 0.3) is 23.5 Å². The van der Waals surface area contributed by atoms with Gasteiger partial charge in [0.2, 0.25) is 0 Å². The van der Waals surface area contributed by atoms with E-state index in [9.17, 15) is 33.2 Å². The molecule has 1 aliphatic rings. The summed E-state index contributed by atoms with van der Waals surface area (Å²) in [6.45, 7) is 30.9. The molecule has 0 saturated carbocycles. The van der Waals surface area contributed by atoms with Gasteiger partial charge >= 0.3 is 5.69 Å². The number of nitrogen functional groups attached to an aromatic ring is 1. The summed E-state index contributed by atoms with van der Waals surface area (Å²) >= 11 is 0. The van der Waals surface area contributed by atoms with Crippen LogP contribution in [0.5, 0.6) is 0 Å². The lowest BCUT2D eigenvalue weighted by Crippen LogP contribution is -3.11. The number of rotatable bonds is 17. The van der Waals surface area contributed by atoms with E-state index in [0.717, 1.165) is 0 Å². The monoisotopic (exact) mass is 750 g/mol. The summed E-state index contributed by atoms with van der Waals surface area (Å²) in [5.41, 5.74) is 4.77. The van der Waals surface area contributed by atoms with E-state index in [1.807, 2.05) is 0 Å². The van der Waals surface area contributed by atoms with Crippen molar-refractivity contribution < 1.29 is 61.1 Å². The zero-order chi connectivity index (χ0) is 37.6. The van der Waals surface area contributed by atoms with Crippen molar-refractivity contribution in [3.63, 3.8) is 0 Å². The number of hydrogen-bond donors (Lipinski definition) is 5. The molecule has 17 nitrogen and oxygen atoms in total. The highest BCUT2D eigenvalue weighted by atomic mass is 31.3. The molecule has 0 saturated heterocycles. The van der Waals surface area contributed by atoms with Crippen molar-refractivity contribution in [3.05, 3.63) is 34.9 Å². The predicted octanol–water partition coefficient (Wildman–Crippen LogP) is -1.82. The molecule has 3 unspecified atom stereocenters. The van der Waals surface area contributed by atoms with Gasteiger partial charge in [-0.25, -0.2) is 13.4 Å². The minimum absolute atomic E-state index is 0.0392. The summed E-state index contributed by atoms with van der Waals surface area (Å²) in [5.74, 6) is -0.502. The second-order valence-electron chi connectivity index (χ2n) is 10.7. The number of nitrogens with zero attached hydrogens (tertiary/aromatic N) is 2. The van der Waals surface area contributed by atoms with E-state index in [2.05, 4.69) is 80.4 Å². The Morgan fingerprint density at radius 1 is 0.792 bits per heavy atom. The zero-order valence-electron chi connectivity index (χ0n) is 30.1. The number of hydrogen-bond acceptors (Lipinski definition) is 12. The Hall–Kier alpha value is -1.29. The highest BCUT2D eigenvalue weighted by Crippen LogP contribution is 2.61. The topological polar surface area (TPSA) is 243 Å². The molecule has 0 radical (unpaired) electrons. The van der Waals surface area contributed by atoms with E-state index in [0.29, 0.717) is 0 Å². The summed E-state index contributed by atoms with van der Waals surface area (Å²) in [6, 6.07) is 0.946. The van der Waals surface area contributed by atoms with Crippen LogP contribution in [0.4, 0.5) is 5.82 Å². The third-order valence-corrected chi connectivity index (χ3v) is 11.4. The number of phosphoric acid groups is 3. The number of anilines is 1. The molecular formula is C28H61N6O11P3. The maximum atomic E-state index is 11.8. The van der Waals surface area contributed by atoms with Crippen molar-refractivity contribution in [1.82, 2.24) is 9.55 Å². The van der Waals surface area contributed by atoms with Crippen LogP contribution in [0.3, 0.4) is 0 Å². The van der Waals surface area contributed by atoms with Gasteiger partial charge in [0.1, 0.15) is 5.82 Å². The number of phosphoric ester groups is 1. The van der Waals surface area contributed by atoms with Crippen molar-refractivity contribution >= 4 is 29.3 Å². The van der Waals surface area contributed by atoms with Gasteiger partial charge < -0.3 is 44.5 Å². The Labute approximate surface area is 286 Å². The fourth-order valence-corrected chi connectivity index (χ4v) is 7.43. The van der Waals surface area contributed by atoms with Crippen molar-refractivity contribution in [2.45, 2.75) is 74.8 Å². The lowest BCUT2D eigenvalue weighted by Gasteiger charge is -2.32. The largest absolute Gasteiger partial charge is 0.756 e. The summed E-state index contributed by atoms with van der Waals surface area (Å²) in [6.07, 6.45) is 4.75. The zero-order valence-corrected chi connectivity index (χ0v) is 32.8. The molecule has 1 aliphatic carbocycles. The maximum absolute atomic E-state index is 11.8. The smallest absolute Gasteiger partial charge is 0.350 e. The highest BCUT2D eigenvalue weighted by molar-refractivity contribution is 7.65. The molecule has 0 aliphatic heterocycles. The minimum Gasteiger partial charge on any atom is -0.756 e. The van der Waals surface area contributed by atoms with Gasteiger partial charge in [-0.15, -0.1) is 0 Å². The maximum Gasteiger partial charge on any atom is 0.350 e. The van der Waals surface area contributed by atoms with Crippen LogP contribution in [0.2, 0.25) is 0 Å². The molecule has 1 heterocycles. The molecule has 5 atom stereocenters. The fourth-order valence-electron chi connectivity index (χ4n) is 4.49. The first kappa shape index (κ1) is 48.8. The Morgan fingerprint density at radius 3 is 1.54 bits per heavy atom. The third kappa shape index (κ3) is 23.2. The van der Waals surface area contributed by atoms with E-state index in [-0.39, 0.29) is 12.2 Å². The van der Waals surface area contributed by atoms with E-state index in [1.54, 1.807) is 20.8 Å². The van der Waals surface area contributed by atoms with Crippen LogP contribution in [0, 0.1) is 5.92 Å². The van der Waals surface area contributed by atoms with Crippen LogP contribution in [0.1, 0.15) is 74.8 Å². The van der Waals surface area contributed by atoms with Crippen molar-refractivity contribution in [2.75, 3.05) is 71.2 Å². The Kier molecular flexibility index (Phi) is 26.1. The molecule has 1 aromatic rings.